The number of rotatable bonds is 0. The first-order valence-corrected chi connectivity index (χ1v) is 6.21. The molecule has 0 spiro atoms. The molecule has 0 aliphatic heterocycles. The van der Waals surface area contributed by atoms with Gasteiger partial charge < -0.3 is 0 Å². The number of hydrogen-bond acceptors (Lipinski definition) is 2. The molecular weight excluding hydrogens is 239 g/mol. The fraction of sp³-hybridized carbons (Fsp3) is 0.500. The maximum absolute atomic E-state index is 14.2. The van der Waals surface area contributed by atoms with Gasteiger partial charge in [-0.15, -0.1) is 0 Å². The molecule has 0 fully saturated rings. The maximum atomic E-state index is 14.2. The minimum Gasteiger partial charge on any atom is -0.206 e. The summed E-state index contributed by atoms with van der Waals surface area (Å²) in [5.41, 5.74) is 0.756. The standard InChI is InChI=1S/C16H19FN2/c1-15(2,3)12-7-13(17)11(9-19)14(10(12)8-18)16(4,5)6/h7H,1-6H3. The van der Waals surface area contributed by atoms with Crippen LogP contribution in [0.5, 0.6) is 0 Å². The average molecular weight is 258 g/mol. The van der Waals surface area contributed by atoms with Gasteiger partial charge >= 0.3 is 0 Å². The Morgan fingerprint density at radius 3 is 1.68 bits per heavy atom. The van der Waals surface area contributed by atoms with Crippen molar-refractivity contribution in [2.75, 3.05) is 0 Å². The van der Waals surface area contributed by atoms with Gasteiger partial charge in [0, 0.05) is 0 Å². The van der Waals surface area contributed by atoms with Crippen LogP contribution in [-0.4, -0.2) is 0 Å². The van der Waals surface area contributed by atoms with Gasteiger partial charge in [-0.25, -0.2) is 4.39 Å². The third-order valence-corrected chi connectivity index (χ3v) is 3.06. The highest BCUT2D eigenvalue weighted by Crippen LogP contribution is 2.36. The number of nitrogens with zero attached hydrogens (tertiary/aromatic N) is 2. The Bertz CT molecular complexity index is 588. The van der Waals surface area contributed by atoms with E-state index in [9.17, 15) is 14.9 Å². The first-order chi connectivity index (χ1) is 8.54. The quantitative estimate of drug-likeness (QED) is 0.701. The number of halogens is 1. The summed E-state index contributed by atoms with van der Waals surface area (Å²) in [7, 11) is 0. The van der Waals surface area contributed by atoms with Crippen LogP contribution in [0.15, 0.2) is 6.07 Å². The summed E-state index contributed by atoms with van der Waals surface area (Å²) in [6.07, 6.45) is 0. The molecule has 0 heterocycles. The van der Waals surface area contributed by atoms with E-state index in [4.69, 9.17) is 0 Å². The van der Waals surface area contributed by atoms with Crippen LogP contribution in [0.25, 0.3) is 0 Å². The molecule has 0 unspecified atom stereocenters. The van der Waals surface area contributed by atoms with Gasteiger partial charge in [0.05, 0.1) is 17.2 Å². The molecule has 0 amide bonds. The first kappa shape index (κ1) is 15.2. The molecule has 2 nitrogen and oxygen atoms in total. The van der Waals surface area contributed by atoms with Crippen LogP contribution in [0, 0.1) is 28.5 Å². The lowest BCUT2D eigenvalue weighted by Crippen LogP contribution is -2.22. The van der Waals surface area contributed by atoms with Crippen molar-refractivity contribution in [1.82, 2.24) is 0 Å². The van der Waals surface area contributed by atoms with Crippen molar-refractivity contribution in [2.24, 2.45) is 0 Å². The summed E-state index contributed by atoms with van der Waals surface area (Å²) in [4.78, 5) is 0. The molecule has 0 N–H and O–H groups in total. The van der Waals surface area contributed by atoms with Crippen molar-refractivity contribution >= 4 is 0 Å². The molecule has 1 aromatic carbocycles. The highest BCUT2D eigenvalue weighted by molar-refractivity contribution is 5.57. The van der Waals surface area contributed by atoms with Gasteiger partial charge in [-0.2, -0.15) is 10.5 Å². The number of benzene rings is 1. The predicted octanol–water partition coefficient (Wildman–Crippen LogP) is 4.16. The molecule has 0 aliphatic carbocycles. The molecule has 1 rings (SSSR count). The Morgan fingerprint density at radius 2 is 1.37 bits per heavy atom. The Balaban J connectivity index is 3.94. The van der Waals surface area contributed by atoms with Crippen LogP contribution in [0.1, 0.15) is 63.8 Å². The molecule has 0 bridgehead atoms. The summed E-state index contributed by atoms with van der Waals surface area (Å²) in [5, 5.41) is 18.6. The lowest BCUT2D eigenvalue weighted by Gasteiger charge is -2.28. The van der Waals surface area contributed by atoms with E-state index in [0.717, 1.165) is 0 Å². The molecule has 0 saturated heterocycles. The zero-order chi connectivity index (χ0) is 15.0. The number of nitriles is 2. The van der Waals surface area contributed by atoms with Crippen molar-refractivity contribution in [3.05, 3.63) is 34.1 Å². The Morgan fingerprint density at radius 1 is 0.895 bits per heavy atom. The van der Waals surface area contributed by atoms with Crippen LogP contribution < -0.4 is 0 Å². The summed E-state index contributed by atoms with van der Waals surface area (Å²) in [6, 6.07) is 5.38. The van der Waals surface area contributed by atoms with Crippen molar-refractivity contribution in [1.29, 1.82) is 10.5 Å². The molecule has 0 aromatic heterocycles. The normalized spacial score (nSPS) is 11.8. The predicted molar refractivity (Wildman–Crippen MR) is 73.2 cm³/mol. The van der Waals surface area contributed by atoms with Gasteiger partial charge in [0.15, 0.2) is 0 Å². The Labute approximate surface area is 114 Å². The smallest absolute Gasteiger partial charge is 0.141 e. The van der Waals surface area contributed by atoms with Gasteiger partial charge in [0.1, 0.15) is 11.9 Å². The SMILES string of the molecule is CC(C)(C)c1cc(F)c(C#N)c(C(C)(C)C)c1C#N. The molecule has 19 heavy (non-hydrogen) atoms. The third kappa shape index (κ3) is 2.76. The van der Waals surface area contributed by atoms with E-state index < -0.39 is 11.2 Å². The van der Waals surface area contributed by atoms with Crippen LogP contribution in [0.4, 0.5) is 4.39 Å². The van der Waals surface area contributed by atoms with Crippen LogP contribution >= 0.6 is 0 Å². The topological polar surface area (TPSA) is 47.6 Å². The second kappa shape index (κ2) is 4.67. The van der Waals surface area contributed by atoms with E-state index in [-0.39, 0.29) is 11.0 Å². The molecule has 0 aliphatic rings. The van der Waals surface area contributed by atoms with E-state index in [0.29, 0.717) is 16.7 Å². The van der Waals surface area contributed by atoms with Crippen molar-refractivity contribution < 1.29 is 4.39 Å². The fourth-order valence-corrected chi connectivity index (χ4v) is 2.22. The Hall–Kier alpha value is -1.87. The summed E-state index contributed by atoms with van der Waals surface area (Å²) in [5.74, 6) is -0.545. The van der Waals surface area contributed by atoms with Crippen molar-refractivity contribution in [2.45, 2.75) is 52.4 Å². The van der Waals surface area contributed by atoms with E-state index in [1.165, 1.54) is 6.07 Å². The molecule has 0 atom stereocenters. The minimum absolute atomic E-state index is 0.0166. The van der Waals surface area contributed by atoms with Gasteiger partial charge in [0.2, 0.25) is 0 Å². The van der Waals surface area contributed by atoms with E-state index in [1.807, 2.05) is 47.6 Å². The zero-order valence-corrected chi connectivity index (χ0v) is 12.3. The van der Waals surface area contributed by atoms with Gasteiger partial charge in [0.25, 0.3) is 0 Å². The lowest BCUT2D eigenvalue weighted by molar-refractivity contribution is 0.541. The number of hydrogen-bond donors (Lipinski definition) is 0. The minimum atomic E-state index is -0.545. The molecule has 0 radical (unpaired) electrons. The zero-order valence-electron chi connectivity index (χ0n) is 12.3. The van der Waals surface area contributed by atoms with Gasteiger partial charge in [-0.05, 0) is 28.0 Å². The summed E-state index contributed by atoms with van der Waals surface area (Å²) in [6.45, 7) is 11.4. The molecule has 100 valence electrons. The van der Waals surface area contributed by atoms with Gasteiger partial charge in [-0.3, -0.25) is 0 Å². The lowest BCUT2D eigenvalue weighted by atomic mass is 9.74. The second-order valence-electron chi connectivity index (χ2n) is 6.75. The highest BCUT2D eigenvalue weighted by Gasteiger charge is 2.30. The average Bonchev–Trinajstić information content (AvgIpc) is 2.24. The largest absolute Gasteiger partial charge is 0.206 e. The van der Waals surface area contributed by atoms with Crippen LogP contribution in [0.3, 0.4) is 0 Å². The van der Waals surface area contributed by atoms with Crippen molar-refractivity contribution in [3.8, 4) is 12.1 Å². The monoisotopic (exact) mass is 258 g/mol. The van der Waals surface area contributed by atoms with E-state index in [1.54, 1.807) is 0 Å². The van der Waals surface area contributed by atoms with Crippen LogP contribution in [-0.2, 0) is 10.8 Å². The maximum Gasteiger partial charge on any atom is 0.141 e. The van der Waals surface area contributed by atoms with E-state index in [2.05, 4.69) is 6.07 Å². The summed E-state index contributed by atoms with van der Waals surface area (Å²) < 4.78 is 14.2. The fourth-order valence-electron chi connectivity index (χ4n) is 2.22. The van der Waals surface area contributed by atoms with Crippen LogP contribution in [0.2, 0.25) is 0 Å². The summed E-state index contributed by atoms with van der Waals surface area (Å²) >= 11 is 0. The molecule has 0 saturated carbocycles. The molecule has 3 heteroatoms. The van der Waals surface area contributed by atoms with Crippen molar-refractivity contribution in [3.63, 3.8) is 0 Å². The second-order valence-corrected chi connectivity index (χ2v) is 6.75. The molecular formula is C16H19FN2. The van der Waals surface area contributed by atoms with Gasteiger partial charge in [-0.1, -0.05) is 41.5 Å². The third-order valence-electron chi connectivity index (χ3n) is 3.06. The van der Waals surface area contributed by atoms with E-state index >= 15 is 0 Å². The first-order valence-electron chi connectivity index (χ1n) is 6.21. The Kier molecular flexibility index (Phi) is 3.73. The molecule has 1 aromatic rings. The highest BCUT2D eigenvalue weighted by atomic mass is 19.1.